The van der Waals surface area contributed by atoms with Crippen molar-refractivity contribution in [3.05, 3.63) is 0 Å². The lowest BCUT2D eigenvalue weighted by atomic mass is 9.68. The van der Waals surface area contributed by atoms with Crippen LogP contribution in [0.4, 0.5) is 13.6 Å². The minimum absolute atomic E-state index is 0.161. The summed E-state index contributed by atoms with van der Waals surface area (Å²) in [5.74, 6) is -3.92. The fraction of sp³-hybridized carbons (Fsp3) is 0.750. The number of nitrogens with two attached hydrogens (primary N) is 1. The van der Waals surface area contributed by atoms with Gasteiger partial charge in [-0.1, -0.05) is 0 Å². The lowest BCUT2D eigenvalue weighted by Crippen LogP contribution is -2.63. The van der Waals surface area contributed by atoms with Gasteiger partial charge in [0.1, 0.15) is 5.54 Å². The van der Waals surface area contributed by atoms with E-state index in [2.05, 4.69) is 5.32 Å². The van der Waals surface area contributed by atoms with Crippen LogP contribution in [0.25, 0.3) is 0 Å². The summed E-state index contributed by atoms with van der Waals surface area (Å²) in [5.41, 5.74) is 4.07. The van der Waals surface area contributed by atoms with Crippen molar-refractivity contribution in [2.24, 2.45) is 11.7 Å². The Bertz CT molecular complexity index is 326. The zero-order valence-electron chi connectivity index (χ0n) is 7.85. The molecule has 0 spiro atoms. The molecule has 5 nitrogen and oxygen atoms in total. The molecule has 15 heavy (non-hydrogen) atoms. The molecule has 2 rings (SSSR count). The van der Waals surface area contributed by atoms with Crippen LogP contribution in [0.5, 0.6) is 0 Å². The molecule has 7 heteroatoms. The van der Waals surface area contributed by atoms with Crippen LogP contribution in [-0.4, -0.2) is 29.9 Å². The predicted octanol–water partition coefficient (Wildman–Crippen LogP) is -0.431. The molecule has 0 bridgehead atoms. The van der Waals surface area contributed by atoms with Crippen molar-refractivity contribution in [2.45, 2.75) is 24.3 Å². The van der Waals surface area contributed by atoms with Gasteiger partial charge in [-0.15, -0.1) is 0 Å². The van der Waals surface area contributed by atoms with E-state index in [0.717, 1.165) is 0 Å². The molecule has 0 aromatic carbocycles. The molecule has 1 aliphatic carbocycles. The first-order valence-corrected chi connectivity index (χ1v) is 4.61. The van der Waals surface area contributed by atoms with Crippen LogP contribution >= 0.6 is 0 Å². The highest BCUT2D eigenvalue weighted by Crippen LogP contribution is 2.48. The van der Waals surface area contributed by atoms with Crippen LogP contribution < -0.4 is 16.4 Å². The number of carbonyl (C=O) groups is 2. The van der Waals surface area contributed by atoms with E-state index < -0.39 is 42.2 Å². The van der Waals surface area contributed by atoms with E-state index in [9.17, 15) is 18.4 Å². The van der Waals surface area contributed by atoms with Gasteiger partial charge < -0.3 is 11.1 Å². The Morgan fingerprint density at radius 1 is 1.40 bits per heavy atom. The second-order valence-electron chi connectivity index (χ2n) is 4.04. The van der Waals surface area contributed by atoms with E-state index in [4.69, 9.17) is 5.73 Å². The summed E-state index contributed by atoms with van der Waals surface area (Å²) in [6.07, 6.45) is -0.810. The predicted molar refractivity (Wildman–Crippen MR) is 46.1 cm³/mol. The average molecular weight is 219 g/mol. The van der Waals surface area contributed by atoms with Crippen LogP contribution in [0.15, 0.2) is 0 Å². The van der Waals surface area contributed by atoms with E-state index in [1.807, 2.05) is 5.32 Å². The van der Waals surface area contributed by atoms with Crippen LogP contribution in [0.2, 0.25) is 0 Å². The maximum absolute atomic E-state index is 12.7. The summed E-state index contributed by atoms with van der Waals surface area (Å²) in [6, 6.07) is -0.666. The molecule has 0 aromatic heterocycles. The number of amides is 3. The number of carbonyl (C=O) groups excluding carboxylic acids is 2. The van der Waals surface area contributed by atoms with Crippen LogP contribution in [0.3, 0.4) is 0 Å². The van der Waals surface area contributed by atoms with E-state index in [1.54, 1.807) is 0 Å². The standard InChI is InChI=1S/C8H11F2N3O2/c9-7(10)1-4(2-7)8(3-11)5(14)12-6(15)13-8/h4H,1-3,11H2,(H2,12,13,14,15). The van der Waals surface area contributed by atoms with E-state index >= 15 is 0 Å². The highest BCUT2D eigenvalue weighted by molar-refractivity contribution is 6.07. The number of alkyl halides is 2. The molecule has 3 amide bonds. The van der Waals surface area contributed by atoms with E-state index in [-0.39, 0.29) is 6.54 Å². The highest BCUT2D eigenvalue weighted by atomic mass is 19.3. The molecule has 1 saturated carbocycles. The van der Waals surface area contributed by atoms with Gasteiger partial charge in [0, 0.05) is 25.3 Å². The van der Waals surface area contributed by atoms with Gasteiger partial charge in [0.25, 0.3) is 5.91 Å². The minimum atomic E-state index is -2.74. The number of hydrogen-bond donors (Lipinski definition) is 3. The molecule has 84 valence electrons. The Hall–Kier alpha value is -1.24. The van der Waals surface area contributed by atoms with Crippen molar-refractivity contribution >= 4 is 11.9 Å². The van der Waals surface area contributed by atoms with Crippen molar-refractivity contribution in [1.82, 2.24) is 10.6 Å². The zero-order chi connectivity index (χ0) is 11.3. The molecule has 2 aliphatic rings. The number of nitrogens with one attached hydrogen (secondary N) is 2. The second kappa shape index (κ2) is 2.88. The van der Waals surface area contributed by atoms with Crippen molar-refractivity contribution in [3.63, 3.8) is 0 Å². The van der Waals surface area contributed by atoms with Crippen LogP contribution in [-0.2, 0) is 4.79 Å². The van der Waals surface area contributed by atoms with Gasteiger partial charge in [-0.3, -0.25) is 10.1 Å². The third-order valence-electron chi connectivity index (χ3n) is 3.08. The Morgan fingerprint density at radius 3 is 2.33 bits per heavy atom. The van der Waals surface area contributed by atoms with E-state index in [0.29, 0.717) is 0 Å². The molecule has 0 aromatic rings. The van der Waals surface area contributed by atoms with Crippen molar-refractivity contribution in [1.29, 1.82) is 0 Å². The van der Waals surface area contributed by atoms with Crippen molar-refractivity contribution in [3.8, 4) is 0 Å². The number of imide groups is 1. The Morgan fingerprint density at radius 2 is 2.00 bits per heavy atom. The minimum Gasteiger partial charge on any atom is -0.328 e. The van der Waals surface area contributed by atoms with Gasteiger partial charge in [-0.25, -0.2) is 13.6 Å². The first kappa shape index (κ1) is 10.3. The molecule has 0 radical (unpaired) electrons. The summed E-state index contributed by atoms with van der Waals surface area (Å²) in [5, 5.41) is 4.37. The quantitative estimate of drug-likeness (QED) is 0.551. The Balaban J connectivity index is 2.17. The molecular weight excluding hydrogens is 208 g/mol. The lowest BCUT2D eigenvalue weighted by molar-refractivity contribution is -0.147. The summed E-state index contributed by atoms with van der Waals surface area (Å²) < 4.78 is 25.4. The first-order chi connectivity index (χ1) is 6.89. The molecular formula is C8H11F2N3O2. The molecule has 2 fully saturated rings. The zero-order valence-corrected chi connectivity index (χ0v) is 7.85. The number of hydrogen-bond acceptors (Lipinski definition) is 3. The number of urea groups is 1. The molecule has 1 heterocycles. The second-order valence-corrected chi connectivity index (χ2v) is 4.04. The van der Waals surface area contributed by atoms with Crippen molar-refractivity contribution < 1.29 is 18.4 Å². The summed E-state index contributed by atoms with van der Waals surface area (Å²) in [6.45, 7) is -0.161. The topological polar surface area (TPSA) is 84.2 Å². The smallest absolute Gasteiger partial charge is 0.322 e. The van der Waals surface area contributed by atoms with Gasteiger partial charge >= 0.3 is 6.03 Å². The maximum atomic E-state index is 12.7. The molecule has 1 unspecified atom stereocenters. The largest absolute Gasteiger partial charge is 0.328 e. The first-order valence-electron chi connectivity index (χ1n) is 4.61. The Kier molecular flexibility index (Phi) is 1.97. The maximum Gasteiger partial charge on any atom is 0.322 e. The molecule has 1 atom stereocenters. The number of rotatable bonds is 2. The van der Waals surface area contributed by atoms with Gasteiger partial charge in [0.15, 0.2) is 0 Å². The third kappa shape index (κ3) is 1.38. The van der Waals surface area contributed by atoms with Crippen molar-refractivity contribution in [2.75, 3.05) is 6.54 Å². The SMILES string of the molecule is NCC1(C2CC(F)(F)C2)NC(=O)NC1=O. The fourth-order valence-electron chi connectivity index (χ4n) is 2.11. The van der Waals surface area contributed by atoms with Crippen LogP contribution in [0.1, 0.15) is 12.8 Å². The third-order valence-corrected chi connectivity index (χ3v) is 3.08. The van der Waals surface area contributed by atoms with Crippen LogP contribution in [0, 0.1) is 5.92 Å². The lowest BCUT2D eigenvalue weighted by Gasteiger charge is -2.44. The summed E-state index contributed by atoms with van der Waals surface area (Å²) >= 11 is 0. The van der Waals surface area contributed by atoms with Gasteiger partial charge in [-0.2, -0.15) is 0 Å². The fourth-order valence-corrected chi connectivity index (χ4v) is 2.11. The summed E-state index contributed by atoms with van der Waals surface area (Å²) in [4.78, 5) is 22.4. The van der Waals surface area contributed by atoms with Gasteiger partial charge in [0.05, 0.1) is 0 Å². The van der Waals surface area contributed by atoms with Gasteiger partial charge in [-0.05, 0) is 0 Å². The molecule has 4 N–H and O–H groups in total. The molecule has 1 aliphatic heterocycles. The monoisotopic (exact) mass is 219 g/mol. The molecule has 1 saturated heterocycles. The number of halogens is 2. The highest BCUT2D eigenvalue weighted by Gasteiger charge is 2.60. The average Bonchev–Trinajstić information content (AvgIpc) is 2.37. The summed E-state index contributed by atoms with van der Waals surface area (Å²) in [7, 11) is 0. The van der Waals surface area contributed by atoms with E-state index in [1.165, 1.54) is 0 Å². The normalized spacial score (nSPS) is 34.6. The Labute approximate surface area is 84.4 Å². The van der Waals surface area contributed by atoms with Gasteiger partial charge in [0.2, 0.25) is 5.92 Å².